The van der Waals surface area contributed by atoms with Crippen LogP contribution in [0.3, 0.4) is 0 Å². The van der Waals surface area contributed by atoms with E-state index in [1.807, 2.05) is 42.5 Å². The molecule has 0 aliphatic carbocycles. The van der Waals surface area contributed by atoms with Gasteiger partial charge < -0.3 is 19.7 Å². The molecule has 1 aliphatic heterocycles. The van der Waals surface area contributed by atoms with Gasteiger partial charge in [0.15, 0.2) is 5.13 Å². The van der Waals surface area contributed by atoms with Crippen molar-refractivity contribution >= 4 is 38.3 Å². The largest absolute Gasteiger partial charge is 0.497 e. The summed E-state index contributed by atoms with van der Waals surface area (Å²) in [6.45, 7) is 3.21. The van der Waals surface area contributed by atoms with Gasteiger partial charge in [-0.15, -0.1) is 0 Å². The van der Waals surface area contributed by atoms with E-state index in [0.717, 1.165) is 58.7 Å². The van der Waals surface area contributed by atoms with E-state index in [-0.39, 0.29) is 5.91 Å². The third-order valence-electron chi connectivity index (χ3n) is 4.44. The molecule has 1 aliphatic rings. The summed E-state index contributed by atoms with van der Waals surface area (Å²) >= 11 is 1.65. The number of morpholine rings is 1. The maximum atomic E-state index is 12.4. The molecule has 1 aromatic heterocycles. The van der Waals surface area contributed by atoms with Gasteiger partial charge in [-0.2, -0.15) is 0 Å². The molecular weight excluding hydrogens is 362 g/mol. The second-order valence-corrected chi connectivity index (χ2v) is 7.36. The molecule has 1 N–H and O–H groups in total. The Balaban J connectivity index is 1.45. The highest BCUT2D eigenvalue weighted by atomic mass is 32.1. The number of nitrogens with zero attached hydrogens (tertiary/aromatic N) is 2. The monoisotopic (exact) mass is 383 g/mol. The van der Waals surface area contributed by atoms with Crippen molar-refractivity contribution in [3.63, 3.8) is 0 Å². The van der Waals surface area contributed by atoms with Crippen LogP contribution < -0.4 is 15.0 Å². The van der Waals surface area contributed by atoms with Gasteiger partial charge in [-0.05, 0) is 35.9 Å². The third kappa shape index (κ3) is 4.20. The van der Waals surface area contributed by atoms with Gasteiger partial charge in [-0.25, -0.2) is 4.98 Å². The van der Waals surface area contributed by atoms with Crippen LogP contribution in [-0.4, -0.2) is 44.3 Å². The van der Waals surface area contributed by atoms with Gasteiger partial charge in [0.2, 0.25) is 5.91 Å². The van der Waals surface area contributed by atoms with Crippen molar-refractivity contribution < 1.29 is 14.3 Å². The number of aromatic nitrogens is 1. The van der Waals surface area contributed by atoms with Gasteiger partial charge in [-0.1, -0.05) is 23.5 Å². The third-order valence-corrected chi connectivity index (χ3v) is 5.52. The lowest BCUT2D eigenvalue weighted by Gasteiger charge is -2.25. The van der Waals surface area contributed by atoms with Crippen molar-refractivity contribution in [3.8, 4) is 5.75 Å². The number of anilines is 2. The van der Waals surface area contributed by atoms with Crippen molar-refractivity contribution in [2.24, 2.45) is 0 Å². The number of benzene rings is 2. The molecule has 2 heterocycles. The number of amides is 1. The van der Waals surface area contributed by atoms with Gasteiger partial charge >= 0.3 is 0 Å². The maximum absolute atomic E-state index is 12.4. The lowest BCUT2D eigenvalue weighted by molar-refractivity contribution is -0.115. The molecular formula is C20H21N3O3S. The van der Waals surface area contributed by atoms with Crippen LogP contribution in [0.1, 0.15) is 5.56 Å². The Morgan fingerprint density at radius 2 is 2.11 bits per heavy atom. The van der Waals surface area contributed by atoms with Gasteiger partial charge in [-0.3, -0.25) is 4.79 Å². The predicted molar refractivity (Wildman–Crippen MR) is 108 cm³/mol. The number of hydrogen-bond donors (Lipinski definition) is 1. The van der Waals surface area contributed by atoms with E-state index in [0.29, 0.717) is 6.42 Å². The zero-order valence-electron chi connectivity index (χ0n) is 15.1. The van der Waals surface area contributed by atoms with Gasteiger partial charge in [0.05, 0.1) is 37.0 Å². The van der Waals surface area contributed by atoms with Crippen LogP contribution in [0.4, 0.5) is 10.8 Å². The molecule has 7 heteroatoms. The zero-order valence-corrected chi connectivity index (χ0v) is 15.9. The van der Waals surface area contributed by atoms with E-state index in [4.69, 9.17) is 14.5 Å². The number of methoxy groups -OCH3 is 1. The van der Waals surface area contributed by atoms with E-state index in [1.54, 1.807) is 18.4 Å². The summed E-state index contributed by atoms with van der Waals surface area (Å²) in [5.74, 6) is 0.697. The van der Waals surface area contributed by atoms with Crippen molar-refractivity contribution in [2.75, 3.05) is 43.6 Å². The first-order chi connectivity index (χ1) is 13.2. The number of rotatable bonds is 5. The fraction of sp³-hybridized carbons (Fsp3) is 0.300. The van der Waals surface area contributed by atoms with Gasteiger partial charge in [0, 0.05) is 18.8 Å². The van der Waals surface area contributed by atoms with Crippen LogP contribution >= 0.6 is 11.3 Å². The minimum atomic E-state index is -0.0551. The molecule has 4 rings (SSSR count). The summed E-state index contributed by atoms with van der Waals surface area (Å²) in [5.41, 5.74) is 2.65. The minimum absolute atomic E-state index is 0.0551. The Hall–Kier alpha value is -2.64. The first kappa shape index (κ1) is 17.8. The standard InChI is InChI=1S/C20H21N3O3S/c1-25-16-4-2-3-14(11-16)12-19(24)21-15-5-6-17-18(13-15)27-20(22-17)23-7-9-26-10-8-23/h2-6,11,13H,7-10,12H2,1H3,(H,21,24). The van der Waals surface area contributed by atoms with Crippen molar-refractivity contribution in [2.45, 2.75) is 6.42 Å². The SMILES string of the molecule is COc1cccc(CC(=O)Nc2ccc3nc(N4CCOCC4)sc3c2)c1. The van der Waals surface area contributed by atoms with Crippen molar-refractivity contribution in [3.05, 3.63) is 48.0 Å². The Labute approximate surface area is 161 Å². The fourth-order valence-electron chi connectivity index (χ4n) is 3.05. The molecule has 1 saturated heterocycles. The van der Waals surface area contributed by atoms with Crippen molar-refractivity contribution in [1.82, 2.24) is 4.98 Å². The molecule has 0 bridgehead atoms. The quantitative estimate of drug-likeness (QED) is 0.732. The molecule has 27 heavy (non-hydrogen) atoms. The zero-order chi connectivity index (χ0) is 18.6. The maximum Gasteiger partial charge on any atom is 0.228 e. The molecule has 0 spiro atoms. The van der Waals surface area contributed by atoms with Crippen LogP contribution in [-0.2, 0) is 16.0 Å². The number of hydrogen-bond acceptors (Lipinski definition) is 6. The predicted octanol–water partition coefficient (Wildman–Crippen LogP) is 3.32. The molecule has 2 aromatic carbocycles. The molecule has 0 atom stereocenters. The second kappa shape index (κ2) is 7.94. The normalized spacial score (nSPS) is 14.3. The Morgan fingerprint density at radius 1 is 1.26 bits per heavy atom. The molecule has 6 nitrogen and oxygen atoms in total. The van der Waals surface area contributed by atoms with Crippen LogP contribution in [0.2, 0.25) is 0 Å². The van der Waals surface area contributed by atoms with E-state index < -0.39 is 0 Å². The number of carbonyl (C=O) groups is 1. The first-order valence-electron chi connectivity index (χ1n) is 8.87. The lowest BCUT2D eigenvalue weighted by Crippen LogP contribution is -2.36. The van der Waals surface area contributed by atoms with Crippen molar-refractivity contribution in [1.29, 1.82) is 0 Å². The topological polar surface area (TPSA) is 63.7 Å². The Morgan fingerprint density at radius 3 is 2.93 bits per heavy atom. The number of fused-ring (bicyclic) bond motifs is 1. The fourth-order valence-corrected chi connectivity index (χ4v) is 4.11. The van der Waals surface area contributed by atoms with Crippen LogP contribution in [0.5, 0.6) is 5.75 Å². The first-order valence-corrected chi connectivity index (χ1v) is 9.69. The van der Waals surface area contributed by atoms with E-state index in [9.17, 15) is 4.79 Å². The van der Waals surface area contributed by atoms with Crippen LogP contribution in [0, 0.1) is 0 Å². The Bertz CT molecular complexity index is 951. The van der Waals surface area contributed by atoms with Crippen LogP contribution in [0.25, 0.3) is 10.2 Å². The molecule has 0 saturated carbocycles. The number of carbonyl (C=O) groups excluding carboxylic acids is 1. The molecule has 140 valence electrons. The summed E-state index contributed by atoms with van der Waals surface area (Å²) in [4.78, 5) is 19.3. The summed E-state index contributed by atoms with van der Waals surface area (Å²) in [6.07, 6.45) is 0.303. The second-order valence-electron chi connectivity index (χ2n) is 6.35. The van der Waals surface area contributed by atoms with E-state index >= 15 is 0 Å². The van der Waals surface area contributed by atoms with Gasteiger partial charge in [0.25, 0.3) is 0 Å². The lowest BCUT2D eigenvalue weighted by atomic mass is 10.1. The van der Waals surface area contributed by atoms with E-state index in [1.165, 1.54) is 0 Å². The highest BCUT2D eigenvalue weighted by Crippen LogP contribution is 2.31. The average Bonchev–Trinajstić information content (AvgIpc) is 3.12. The molecule has 0 unspecified atom stereocenters. The summed E-state index contributed by atoms with van der Waals surface area (Å²) in [5, 5.41) is 3.98. The number of ether oxygens (including phenoxy) is 2. The van der Waals surface area contributed by atoms with E-state index in [2.05, 4.69) is 10.2 Å². The molecule has 3 aromatic rings. The molecule has 1 amide bonds. The molecule has 0 radical (unpaired) electrons. The smallest absolute Gasteiger partial charge is 0.228 e. The van der Waals surface area contributed by atoms with Gasteiger partial charge in [0.1, 0.15) is 5.75 Å². The summed E-state index contributed by atoms with van der Waals surface area (Å²) < 4.78 is 11.7. The number of nitrogens with one attached hydrogen (secondary N) is 1. The highest BCUT2D eigenvalue weighted by molar-refractivity contribution is 7.22. The Kier molecular flexibility index (Phi) is 5.22. The molecule has 1 fully saturated rings. The van der Waals surface area contributed by atoms with Crippen LogP contribution in [0.15, 0.2) is 42.5 Å². The summed E-state index contributed by atoms with van der Waals surface area (Å²) in [7, 11) is 1.62. The summed E-state index contributed by atoms with van der Waals surface area (Å²) in [6, 6.07) is 13.4. The average molecular weight is 383 g/mol. The highest BCUT2D eigenvalue weighted by Gasteiger charge is 2.15. The minimum Gasteiger partial charge on any atom is -0.497 e. The number of thiazole rings is 1.